The maximum atomic E-state index is 12.9. The molecule has 1 unspecified atom stereocenters. The molecule has 1 saturated heterocycles. The van der Waals surface area contributed by atoms with Crippen LogP contribution in [-0.2, 0) is 15.7 Å². The first-order valence-corrected chi connectivity index (χ1v) is 10.3. The predicted molar refractivity (Wildman–Crippen MR) is 112 cm³/mol. The molecule has 11 nitrogen and oxygen atoms in total. The van der Waals surface area contributed by atoms with Crippen molar-refractivity contribution in [3.8, 4) is 11.4 Å². The molecule has 1 aromatic carbocycles. The molecular formula is C20H22F3N7O4. The minimum absolute atomic E-state index is 0.204. The highest BCUT2D eigenvalue weighted by Crippen LogP contribution is 2.29. The van der Waals surface area contributed by atoms with Gasteiger partial charge in [0.2, 0.25) is 5.82 Å². The van der Waals surface area contributed by atoms with Crippen LogP contribution in [0.5, 0.6) is 0 Å². The summed E-state index contributed by atoms with van der Waals surface area (Å²) >= 11 is 0. The number of amides is 3. The lowest BCUT2D eigenvalue weighted by Crippen LogP contribution is -2.55. The summed E-state index contributed by atoms with van der Waals surface area (Å²) in [5.41, 5.74) is 4.20. The van der Waals surface area contributed by atoms with Crippen LogP contribution in [0.3, 0.4) is 0 Å². The highest BCUT2D eigenvalue weighted by Gasteiger charge is 2.38. The number of hydrazine groups is 1. The lowest BCUT2D eigenvalue weighted by Gasteiger charge is -2.35. The molecule has 1 aromatic heterocycles. The first kappa shape index (κ1) is 23.5. The van der Waals surface area contributed by atoms with Crippen LogP contribution in [0.4, 0.5) is 23.7 Å². The van der Waals surface area contributed by atoms with Gasteiger partial charge in [-0.2, -0.15) is 18.2 Å². The van der Waals surface area contributed by atoms with Crippen molar-refractivity contribution in [2.75, 3.05) is 45.2 Å². The van der Waals surface area contributed by atoms with Crippen molar-refractivity contribution in [3.63, 3.8) is 0 Å². The van der Waals surface area contributed by atoms with Crippen molar-refractivity contribution in [3.05, 3.63) is 41.9 Å². The minimum Gasteiger partial charge on any atom is -0.377 e. The number of carbonyl (C=O) groups is 2. The first-order chi connectivity index (χ1) is 16.2. The molecule has 1 fully saturated rings. The number of nitrogens with zero attached hydrogens (tertiary/aromatic N) is 4. The fourth-order valence-corrected chi connectivity index (χ4v) is 3.49. The third-order valence-corrected chi connectivity index (χ3v) is 5.27. The maximum absolute atomic E-state index is 12.9. The van der Waals surface area contributed by atoms with Gasteiger partial charge in [0.25, 0.3) is 5.91 Å². The average Bonchev–Trinajstić information content (AvgIpc) is 3.48. The second kappa shape index (κ2) is 9.69. The Labute approximate surface area is 191 Å². The molecule has 1 atom stereocenters. The third-order valence-electron chi connectivity index (χ3n) is 5.27. The standard InChI is InChI=1S/C20H22F3N7O4/c1-29-15(6-7-25-29)17(31)24-10-14-11-33-9-8-30(14)19(32)26-13-4-2-12(3-5-13)16-27-18(34-28-16)20(21,22)23/h2-6,14,25H,7-11H2,1H3,(H,24,31)(H,26,32). The molecule has 14 heteroatoms. The number of hydrogen-bond donors (Lipinski definition) is 3. The van der Waals surface area contributed by atoms with E-state index < -0.39 is 18.1 Å². The molecule has 0 spiro atoms. The highest BCUT2D eigenvalue weighted by molar-refractivity contribution is 5.93. The summed E-state index contributed by atoms with van der Waals surface area (Å²) in [7, 11) is 1.74. The van der Waals surface area contributed by atoms with Gasteiger partial charge in [-0.15, -0.1) is 0 Å². The Morgan fingerprint density at radius 3 is 2.68 bits per heavy atom. The number of nitrogens with one attached hydrogen (secondary N) is 3. The van der Waals surface area contributed by atoms with Crippen molar-refractivity contribution < 1.29 is 32.0 Å². The van der Waals surface area contributed by atoms with E-state index in [1.54, 1.807) is 23.0 Å². The van der Waals surface area contributed by atoms with Gasteiger partial charge < -0.3 is 29.8 Å². The number of aromatic nitrogens is 2. The number of rotatable bonds is 5. The number of anilines is 1. The lowest BCUT2D eigenvalue weighted by atomic mass is 10.2. The molecule has 3 heterocycles. The summed E-state index contributed by atoms with van der Waals surface area (Å²) < 4.78 is 47.6. The molecule has 0 bridgehead atoms. The van der Waals surface area contributed by atoms with Crippen LogP contribution in [0, 0.1) is 0 Å². The topological polar surface area (TPSA) is 125 Å². The van der Waals surface area contributed by atoms with Crippen molar-refractivity contribution in [2.45, 2.75) is 12.2 Å². The van der Waals surface area contributed by atoms with Gasteiger partial charge >= 0.3 is 18.1 Å². The fraction of sp³-hybridized carbons (Fsp3) is 0.400. The molecule has 0 radical (unpaired) electrons. The van der Waals surface area contributed by atoms with Crippen LogP contribution in [0.2, 0.25) is 0 Å². The Bertz CT molecular complexity index is 1070. The van der Waals surface area contributed by atoms with Crippen molar-refractivity contribution >= 4 is 17.6 Å². The van der Waals surface area contributed by atoms with Crippen LogP contribution >= 0.6 is 0 Å². The molecule has 34 heavy (non-hydrogen) atoms. The number of benzene rings is 1. The zero-order valence-electron chi connectivity index (χ0n) is 18.1. The number of halogens is 3. The van der Waals surface area contributed by atoms with E-state index in [1.807, 2.05) is 0 Å². The Balaban J connectivity index is 1.36. The summed E-state index contributed by atoms with van der Waals surface area (Å²) in [6.45, 7) is 1.72. The first-order valence-electron chi connectivity index (χ1n) is 10.3. The number of alkyl halides is 3. The molecular weight excluding hydrogens is 459 g/mol. The van der Waals surface area contributed by atoms with Crippen LogP contribution in [-0.4, -0.2) is 77.9 Å². The second-order valence-corrected chi connectivity index (χ2v) is 7.57. The van der Waals surface area contributed by atoms with Gasteiger partial charge in [-0.3, -0.25) is 4.79 Å². The monoisotopic (exact) mass is 481 g/mol. The van der Waals surface area contributed by atoms with Gasteiger partial charge in [0, 0.05) is 37.9 Å². The van der Waals surface area contributed by atoms with Crippen molar-refractivity contribution in [1.29, 1.82) is 0 Å². The molecule has 0 saturated carbocycles. The number of carbonyl (C=O) groups excluding carboxylic acids is 2. The molecule has 3 amide bonds. The number of hydrogen-bond acceptors (Lipinski definition) is 8. The predicted octanol–water partition coefficient (Wildman–Crippen LogP) is 1.44. The average molecular weight is 481 g/mol. The molecule has 2 aliphatic heterocycles. The Morgan fingerprint density at radius 1 is 1.26 bits per heavy atom. The van der Waals surface area contributed by atoms with Gasteiger partial charge in [-0.25, -0.2) is 10.2 Å². The van der Waals surface area contributed by atoms with Crippen LogP contribution in [0.15, 0.2) is 40.6 Å². The van der Waals surface area contributed by atoms with Gasteiger partial charge in [0.1, 0.15) is 5.70 Å². The van der Waals surface area contributed by atoms with Gasteiger partial charge in [0.05, 0.1) is 19.3 Å². The van der Waals surface area contributed by atoms with Crippen LogP contribution in [0.25, 0.3) is 11.4 Å². The summed E-state index contributed by atoms with van der Waals surface area (Å²) in [5, 5.41) is 10.5. The van der Waals surface area contributed by atoms with E-state index in [-0.39, 0.29) is 30.9 Å². The van der Waals surface area contributed by atoms with Crippen LogP contribution in [0.1, 0.15) is 5.89 Å². The Hall–Kier alpha value is -3.65. The van der Waals surface area contributed by atoms with Gasteiger partial charge in [-0.05, 0) is 30.3 Å². The lowest BCUT2D eigenvalue weighted by molar-refractivity contribution is -0.159. The number of urea groups is 1. The van der Waals surface area contributed by atoms with E-state index in [2.05, 4.69) is 30.7 Å². The summed E-state index contributed by atoms with van der Waals surface area (Å²) in [6.07, 6.45) is -2.96. The summed E-state index contributed by atoms with van der Waals surface area (Å²) in [4.78, 5) is 30.1. The second-order valence-electron chi connectivity index (χ2n) is 7.57. The molecule has 182 valence electrons. The van der Waals surface area contributed by atoms with Gasteiger partial charge in [-0.1, -0.05) is 5.16 Å². The molecule has 2 aromatic rings. The van der Waals surface area contributed by atoms with E-state index in [1.165, 1.54) is 24.3 Å². The molecule has 2 aliphatic rings. The summed E-state index contributed by atoms with van der Waals surface area (Å²) in [6, 6.07) is 5.20. The van der Waals surface area contributed by atoms with E-state index in [4.69, 9.17) is 4.74 Å². The van der Waals surface area contributed by atoms with Gasteiger partial charge in [0.15, 0.2) is 0 Å². The van der Waals surface area contributed by atoms with Crippen molar-refractivity contribution in [2.24, 2.45) is 0 Å². The largest absolute Gasteiger partial charge is 0.471 e. The van der Waals surface area contributed by atoms with E-state index in [9.17, 15) is 22.8 Å². The molecule has 4 rings (SSSR count). The highest BCUT2D eigenvalue weighted by atomic mass is 19.4. The van der Waals surface area contributed by atoms with Crippen molar-refractivity contribution in [1.82, 2.24) is 30.8 Å². The quantitative estimate of drug-likeness (QED) is 0.586. The Morgan fingerprint density at radius 2 is 2.03 bits per heavy atom. The number of morpholine rings is 1. The zero-order chi connectivity index (χ0) is 24.3. The SMILES string of the molecule is CN1NCC=C1C(=O)NCC1COCCN1C(=O)Nc1ccc(-c2noc(C(F)(F)F)n2)cc1. The van der Waals surface area contributed by atoms with E-state index in [0.717, 1.165) is 0 Å². The fourth-order valence-electron chi connectivity index (χ4n) is 3.49. The molecule has 0 aliphatic carbocycles. The summed E-state index contributed by atoms with van der Waals surface area (Å²) in [5.74, 6) is -1.91. The van der Waals surface area contributed by atoms with Crippen LogP contribution < -0.4 is 16.1 Å². The minimum atomic E-state index is -4.73. The van der Waals surface area contributed by atoms with E-state index >= 15 is 0 Å². The normalized spacial score (nSPS) is 18.6. The third kappa shape index (κ3) is 5.28. The van der Waals surface area contributed by atoms with E-state index in [0.29, 0.717) is 36.6 Å². The number of likely N-dealkylation sites (N-methyl/N-ethyl adjacent to an activating group) is 1. The zero-order valence-corrected chi connectivity index (χ0v) is 18.1. The smallest absolute Gasteiger partial charge is 0.377 e. The number of ether oxygens (including phenoxy) is 1. The maximum Gasteiger partial charge on any atom is 0.471 e. The molecule has 3 N–H and O–H groups in total. The Kier molecular flexibility index (Phi) is 6.70.